The Kier molecular flexibility index (Phi) is 14.5. The standard InChI is InChI=1S/C18H18O2.C15H14O2.CS2/c1-14(2)12-17(19)16-10-6-7-11-18(16)20-13-15-8-4-3-5-9-15;1-12(16)14-9-5-6-10-15(14)17-11-13-7-3-2-4-8-13;2-1-3/h3-12H,13H2,1-2H3;2-10H,11H2,1H3;. The number of hydrogen-bond acceptors (Lipinski definition) is 6. The first-order valence-corrected chi connectivity index (χ1v) is 13.4. The van der Waals surface area contributed by atoms with Crippen molar-refractivity contribution in [1.82, 2.24) is 0 Å². The second-order valence-electron chi connectivity index (χ2n) is 8.77. The molecule has 6 heteroatoms. The number of rotatable bonds is 9. The van der Waals surface area contributed by atoms with Gasteiger partial charge in [0.2, 0.25) is 0 Å². The fourth-order valence-electron chi connectivity index (χ4n) is 3.49. The first-order chi connectivity index (χ1) is 19.3. The van der Waals surface area contributed by atoms with Crippen LogP contribution in [0.2, 0.25) is 0 Å². The van der Waals surface area contributed by atoms with E-state index in [0.717, 1.165) is 16.7 Å². The minimum atomic E-state index is -0.0198. The zero-order valence-corrected chi connectivity index (χ0v) is 24.5. The predicted molar refractivity (Wildman–Crippen MR) is 168 cm³/mol. The molecule has 4 aromatic rings. The summed E-state index contributed by atoms with van der Waals surface area (Å²) in [6.45, 7) is 6.30. The van der Waals surface area contributed by atoms with Crippen LogP contribution in [0.15, 0.2) is 121 Å². The van der Waals surface area contributed by atoms with Crippen LogP contribution in [0.3, 0.4) is 0 Å². The van der Waals surface area contributed by atoms with Gasteiger partial charge in [-0.05, 0) is 86.7 Å². The number of carbonyl (C=O) groups excluding carboxylic acids is 2. The molecule has 0 bridgehead atoms. The number of hydrogen-bond donors (Lipinski definition) is 0. The van der Waals surface area contributed by atoms with Crippen molar-refractivity contribution >= 4 is 40.3 Å². The van der Waals surface area contributed by atoms with Crippen LogP contribution in [0.1, 0.15) is 52.6 Å². The zero-order valence-electron chi connectivity index (χ0n) is 22.8. The molecule has 0 fully saturated rings. The largest absolute Gasteiger partial charge is 0.488 e. The predicted octanol–water partition coefficient (Wildman–Crippen LogP) is 8.90. The molecular formula is C34H32O4S2. The molecular weight excluding hydrogens is 537 g/mol. The average Bonchev–Trinajstić information content (AvgIpc) is 2.97. The van der Waals surface area contributed by atoms with Crippen molar-refractivity contribution in [3.63, 3.8) is 0 Å². The summed E-state index contributed by atoms with van der Waals surface area (Å²) in [5.74, 6) is 1.27. The van der Waals surface area contributed by atoms with Gasteiger partial charge in [0.05, 0.1) is 11.1 Å². The van der Waals surface area contributed by atoms with Gasteiger partial charge in [-0.3, -0.25) is 9.59 Å². The molecule has 0 radical (unpaired) electrons. The topological polar surface area (TPSA) is 52.6 Å². The molecule has 4 nitrogen and oxygen atoms in total. The van der Waals surface area contributed by atoms with Crippen LogP contribution in [-0.4, -0.2) is 15.9 Å². The number of ether oxygens (including phenoxy) is 2. The summed E-state index contributed by atoms with van der Waals surface area (Å²) in [5, 5.41) is 0. The molecule has 4 aromatic carbocycles. The molecule has 0 heterocycles. The van der Waals surface area contributed by atoms with Crippen LogP contribution >= 0.6 is 24.4 Å². The van der Waals surface area contributed by atoms with Gasteiger partial charge in [0.25, 0.3) is 0 Å². The maximum absolute atomic E-state index is 12.1. The number of carbonyl (C=O) groups is 2. The van der Waals surface area contributed by atoms with Crippen LogP contribution in [0.4, 0.5) is 0 Å². The summed E-state index contributed by atoms with van der Waals surface area (Å²) in [6, 6.07) is 34.5. The van der Waals surface area contributed by atoms with E-state index in [9.17, 15) is 9.59 Å². The lowest BCUT2D eigenvalue weighted by Crippen LogP contribution is -2.02. The van der Waals surface area contributed by atoms with Gasteiger partial charge in [-0.2, -0.15) is 0 Å². The quantitative estimate of drug-likeness (QED) is 0.114. The van der Waals surface area contributed by atoms with E-state index in [4.69, 9.17) is 9.47 Å². The van der Waals surface area contributed by atoms with E-state index in [1.807, 2.05) is 115 Å². The molecule has 204 valence electrons. The molecule has 0 amide bonds. The van der Waals surface area contributed by atoms with Gasteiger partial charge in [0.15, 0.2) is 11.6 Å². The molecule has 0 aliphatic heterocycles. The number of Topliss-reactive ketones (excluding diaryl/α,β-unsaturated/α-hetero) is 1. The average molecular weight is 569 g/mol. The summed E-state index contributed by atoms with van der Waals surface area (Å²) in [6.07, 6.45) is 1.63. The minimum absolute atomic E-state index is 0.0198. The molecule has 0 atom stereocenters. The SMILES string of the molecule is CC(=O)c1ccccc1OCc1ccccc1.CC(C)=CC(=O)c1ccccc1OCc1ccccc1.S=C=S. The molecule has 0 aliphatic carbocycles. The second kappa shape index (κ2) is 18.1. The van der Waals surface area contributed by atoms with Crippen LogP contribution < -0.4 is 9.47 Å². The van der Waals surface area contributed by atoms with Crippen molar-refractivity contribution in [1.29, 1.82) is 0 Å². The number of thiocarbonyl (C=S) groups is 2. The highest BCUT2D eigenvalue weighted by molar-refractivity contribution is 7.93. The minimum Gasteiger partial charge on any atom is -0.488 e. The van der Waals surface area contributed by atoms with Crippen molar-refractivity contribution in [2.45, 2.75) is 34.0 Å². The van der Waals surface area contributed by atoms with Gasteiger partial charge in [0, 0.05) is 4.31 Å². The van der Waals surface area contributed by atoms with Gasteiger partial charge in [-0.25, -0.2) is 0 Å². The Bertz CT molecular complexity index is 1420. The molecule has 0 saturated heterocycles. The third kappa shape index (κ3) is 11.7. The van der Waals surface area contributed by atoms with Gasteiger partial charge in [-0.15, -0.1) is 0 Å². The third-order valence-corrected chi connectivity index (χ3v) is 5.31. The Morgan fingerprint density at radius 1 is 0.625 bits per heavy atom. The van der Waals surface area contributed by atoms with Crippen LogP contribution in [0.5, 0.6) is 11.5 Å². The second-order valence-corrected chi connectivity index (χ2v) is 9.43. The van der Waals surface area contributed by atoms with Crippen molar-refractivity contribution in [3.05, 3.63) is 143 Å². The third-order valence-electron chi connectivity index (χ3n) is 5.31. The van der Waals surface area contributed by atoms with Gasteiger partial charge in [0.1, 0.15) is 24.7 Å². The van der Waals surface area contributed by atoms with Crippen molar-refractivity contribution in [2.75, 3.05) is 0 Å². The molecule has 0 aliphatic rings. The number of para-hydroxylation sites is 2. The lowest BCUT2D eigenvalue weighted by atomic mass is 10.1. The van der Waals surface area contributed by atoms with E-state index >= 15 is 0 Å². The summed E-state index contributed by atoms with van der Waals surface area (Å²) in [7, 11) is 0. The lowest BCUT2D eigenvalue weighted by molar-refractivity contribution is 0.101. The van der Waals surface area contributed by atoms with Crippen LogP contribution in [0.25, 0.3) is 0 Å². The summed E-state index contributed by atoms with van der Waals surface area (Å²) >= 11 is 7.92. The zero-order chi connectivity index (χ0) is 29.2. The van der Waals surface area contributed by atoms with Gasteiger partial charge >= 0.3 is 0 Å². The maximum atomic E-state index is 12.1. The Morgan fingerprint density at radius 3 is 1.43 bits per heavy atom. The highest BCUT2D eigenvalue weighted by Gasteiger charge is 2.10. The molecule has 40 heavy (non-hydrogen) atoms. The van der Waals surface area contributed by atoms with Crippen LogP contribution in [0, 0.1) is 0 Å². The summed E-state index contributed by atoms with van der Waals surface area (Å²) in [4.78, 5) is 23.5. The smallest absolute Gasteiger partial charge is 0.189 e. The van der Waals surface area contributed by atoms with Crippen LogP contribution in [-0.2, 0) is 13.2 Å². The van der Waals surface area contributed by atoms with E-state index in [-0.39, 0.29) is 11.6 Å². The highest BCUT2D eigenvalue weighted by atomic mass is 32.1. The normalized spacial score (nSPS) is 9.38. The number of allylic oxidation sites excluding steroid dienone is 2. The Morgan fingerprint density at radius 2 is 1.00 bits per heavy atom. The van der Waals surface area contributed by atoms with Gasteiger partial charge in [-0.1, -0.05) is 90.5 Å². The van der Waals surface area contributed by atoms with Crippen molar-refractivity contribution in [3.8, 4) is 11.5 Å². The first-order valence-electron chi connectivity index (χ1n) is 12.6. The molecule has 0 saturated carbocycles. The fourth-order valence-corrected chi connectivity index (χ4v) is 3.49. The van der Waals surface area contributed by atoms with Gasteiger partial charge < -0.3 is 9.47 Å². The Balaban J connectivity index is 0.000000258. The molecule has 0 N–H and O–H groups in total. The Labute approximate surface area is 247 Å². The Hall–Kier alpha value is -4.22. The maximum Gasteiger partial charge on any atom is 0.189 e. The lowest BCUT2D eigenvalue weighted by Gasteiger charge is -2.09. The van der Waals surface area contributed by atoms with Crippen molar-refractivity contribution in [2.24, 2.45) is 0 Å². The van der Waals surface area contributed by atoms with E-state index in [1.54, 1.807) is 25.1 Å². The number of ketones is 2. The summed E-state index contributed by atoms with van der Waals surface area (Å²) in [5.41, 5.74) is 4.38. The number of benzene rings is 4. The fraction of sp³-hybridized carbons (Fsp3) is 0.147. The van der Waals surface area contributed by atoms with Crippen molar-refractivity contribution < 1.29 is 19.1 Å². The van der Waals surface area contributed by atoms with E-state index in [0.29, 0.717) is 35.8 Å². The summed E-state index contributed by atoms with van der Waals surface area (Å²) < 4.78 is 13.4. The first kappa shape index (κ1) is 32.0. The monoisotopic (exact) mass is 568 g/mol. The van der Waals surface area contributed by atoms with E-state index < -0.39 is 0 Å². The van der Waals surface area contributed by atoms with E-state index in [1.165, 1.54) is 0 Å². The molecule has 4 rings (SSSR count). The highest BCUT2D eigenvalue weighted by Crippen LogP contribution is 2.21. The molecule has 0 spiro atoms. The van der Waals surface area contributed by atoms with E-state index in [2.05, 4.69) is 24.4 Å². The molecule has 0 unspecified atom stereocenters. The molecule has 0 aromatic heterocycles.